The van der Waals surface area contributed by atoms with Crippen LogP contribution in [0, 0.1) is 0 Å². The number of hydrogen-bond acceptors (Lipinski definition) is 6. The third-order valence-electron chi connectivity index (χ3n) is 3.68. The lowest BCUT2D eigenvalue weighted by molar-refractivity contribution is 0.933. The third kappa shape index (κ3) is 2.86. The van der Waals surface area contributed by atoms with Crippen LogP contribution >= 0.6 is 23.1 Å². The Hall–Kier alpha value is -1.01. The summed E-state index contributed by atoms with van der Waals surface area (Å²) < 4.78 is 0.435. The minimum absolute atomic E-state index is 0.435. The molecule has 108 valence electrons. The molecule has 0 atom stereocenters. The standard InChI is InChI=1S/C14H20N4S2/c1-3-7-15-13-17-11(10-4-8-20-12(10)18-13)16-9-14(19-2)5-6-14/h4,8H,3,5-7,9H2,1-2H3,(H2,15,16,17,18). The molecular weight excluding hydrogens is 288 g/mol. The molecule has 1 fully saturated rings. The highest BCUT2D eigenvalue weighted by atomic mass is 32.2. The van der Waals surface area contributed by atoms with Crippen LogP contribution in [0.5, 0.6) is 0 Å². The Balaban J connectivity index is 1.81. The molecule has 2 heterocycles. The summed E-state index contributed by atoms with van der Waals surface area (Å²) in [4.78, 5) is 10.3. The summed E-state index contributed by atoms with van der Waals surface area (Å²) in [5.74, 6) is 1.70. The smallest absolute Gasteiger partial charge is 0.226 e. The van der Waals surface area contributed by atoms with E-state index in [0.29, 0.717) is 4.75 Å². The van der Waals surface area contributed by atoms with Crippen LogP contribution in [0.25, 0.3) is 10.2 Å². The fourth-order valence-electron chi connectivity index (χ4n) is 2.14. The van der Waals surface area contributed by atoms with E-state index in [1.54, 1.807) is 11.3 Å². The number of thiophene rings is 1. The first kappa shape index (κ1) is 13.9. The molecule has 1 saturated carbocycles. The van der Waals surface area contributed by atoms with Gasteiger partial charge in [-0.1, -0.05) is 6.92 Å². The molecule has 0 bridgehead atoms. The van der Waals surface area contributed by atoms with E-state index in [1.165, 1.54) is 12.8 Å². The van der Waals surface area contributed by atoms with Crippen LogP contribution < -0.4 is 10.6 Å². The summed E-state index contributed by atoms with van der Waals surface area (Å²) in [6.07, 6.45) is 5.88. The van der Waals surface area contributed by atoms with Gasteiger partial charge in [-0.05, 0) is 37.0 Å². The highest BCUT2D eigenvalue weighted by molar-refractivity contribution is 8.00. The van der Waals surface area contributed by atoms with E-state index >= 15 is 0 Å². The van der Waals surface area contributed by atoms with Crippen LogP contribution in [0.4, 0.5) is 11.8 Å². The SMILES string of the molecule is CCCNc1nc(NCC2(SC)CC2)c2ccsc2n1. The van der Waals surface area contributed by atoms with Gasteiger partial charge in [0.05, 0.1) is 5.39 Å². The second-order valence-corrected chi connectivity index (χ2v) is 7.37. The van der Waals surface area contributed by atoms with Crippen molar-refractivity contribution in [2.75, 3.05) is 30.0 Å². The van der Waals surface area contributed by atoms with Gasteiger partial charge in [-0.15, -0.1) is 11.3 Å². The Labute approximate surface area is 127 Å². The van der Waals surface area contributed by atoms with E-state index in [4.69, 9.17) is 0 Å². The molecule has 1 aliphatic rings. The summed E-state index contributed by atoms with van der Waals surface area (Å²) in [6.45, 7) is 4.04. The number of thioether (sulfide) groups is 1. The predicted molar refractivity (Wildman–Crippen MR) is 90.2 cm³/mol. The molecule has 2 aromatic rings. The van der Waals surface area contributed by atoms with Crippen molar-refractivity contribution >= 4 is 45.1 Å². The topological polar surface area (TPSA) is 49.8 Å². The Morgan fingerprint density at radius 3 is 2.90 bits per heavy atom. The number of nitrogens with zero attached hydrogens (tertiary/aromatic N) is 2. The summed E-state index contributed by atoms with van der Waals surface area (Å²) >= 11 is 3.63. The predicted octanol–water partition coefficient (Wildman–Crippen LogP) is 3.82. The van der Waals surface area contributed by atoms with Crippen molar-refractivity contribution in [1.29, 1.82) is 0 Å². The van der Waals surface area contributed by atoms with Gasteiger partial charge >= 0.3 is 0 Å². The lowest BCUT2D eigenvalue weighted by Gasteiger charge is -2.15. The lowest BCUT2D eigenvalue weighted by atomic mass is 10.3. The van der Waals surface area contributed by atoms with Gasteiger partial charge < -0.3 is 10.6 Å². The molecule has 2 N–H and O–H groups in total. The van der Waals surface area contributed by atoms with Crippen molar-refractivity contribution in [3.05, 3.63) is 11.4 Å². The third-order valence-corrected chi connectivity index (χ3v) is 5.90. The van der Waals surface area contributed by atoms with Gasteiger partial charge in [-0.25, -0.2) is 4.98 Å². The maximum Gasteiger partial charge on any atom is 0.226 e. The van der Waals surface area contributed by atoms with Gasteiger partial charge in [0, 0.05) is 17.8 Å². The normalized spacial score (nSPS) is 16.3. The summed E-state index contributed by atoms with van der Waals surface area (Å²) in [6, 6.07) is 2.10. The zero-order valence-corrected chi connectivity index (χ0v) is 13.5. The Morgan fingerprint density at radius 1 is 1.35 bits per heavy atom. The molecule has 0 spiro atoms. The summed E-state index contributed by atoms with van der Waals surface area (Å²) in [7, 11) is 0. The quantitative estimate of drug-likeness (QED) is 0.814. The van der Waals surface area contributed by atoms with Crippen LogP contribution in [0.15, 0.2) is 11.4 Å². The second kappa shape index (κ2) is 5.77. The molecule has 0 saturated heterocycles. The molecule has 0 aliphatic heterocycles. The van der Waals surface area contributed by atoms with E-state index < -0.39 is 0 Å². The Morgan fingerprint density at radius 2 is 2.20 bits per heavy atom. The molecule has 0 unspecified atom stereocenters. The molecule has 1 aliphatic carbocycles. The molecular formula is C14H20N4S2. The van der Waals surface area contributed by atoms with Crippen molar-refractivity contribution < 1.29 is 0 Å². The fraction of sp³-hybridized carbons (Fsp3) is 0.571. The van der Waals surface area contributed by atoms with Gasteiger partial charge in [0.1, 0.15) is 10.6 Å². The van der Waals surface area contributed by atoms with E-state index in [9.17, 15) is 0 Å². The molecule has 20 heavy (non-hydrogen) atoms. The highest BCUT2D eigenvalue weighted by Crippen LogP contribution is 2.47. The largest absolute Gasteiger partial charge is 0.368 e. The Kier molecular flexibility index (Phi) is 4.03. The average Bonchev–Trinajstić information content (AvgIpc) is 3.11. The maximum atomic E-state index is 4.64. The molecule has 0 aromatic carbocycles. The average molecular weight is 308 g/mol. The van der Waals surface area contributed by atoms with Crippen LogP contribution in [-0.2, 0) is 0 Å². The maximum absolute atomic E-state index is 4.64. The van der Waals surface area contributed by atoms with E-state index in [0.717, 1.165) is 41.5 Å². The molecule has 6 heteroatoms. The van der Waals surface area contributed by atoms with Crippen molar-refractivity contribution in [1.82, 2.24) is 9.97 Å². The van der Waals surface area contributed by atoms with E-state index in [1.807, 2.05) is 11.8 Å². The zero-order chi connectivity index (χ0) is 14.0. The molecule has 3 rings (SSSR count). The summed E-state index contributed by atoms with van der Waals surface area (Å²) in [5, 5.41) is 10.0. The number of fused-ring (bicyclic) bond motifs is 1. The highest BCUT2D eigenvalue weighted by Gasteiger charge is 2.41. The molecule has 4 nitrogen and oxygen atoms in total. The number of hydrogen-bond donors (Lipinski definition) is 2. The van der Waals surface area contributed by atoms with E-state index in [2.05, 4.69) is 45.2 Å². The van der Waals surface area contributed by atoms with Gasteiger partial charge in [0.25, 0.3) is 0 Å². The van der Waals surface area contributed by atoms with Crippen LogP contribution in [0.3, 0.4) is 0 Å². The van der Waals surface area contributed by atoms with Gasteiger partial charge in [-0.3, -0.25) is 0 Å². The first-order chi connectivity index (χ1) is 9.76. The van der Waals surface area contributed by atoms with Crippen LogP contribution in [0.2, 0.25) is 0 Å². The van der Waals surface area contributed by atoms with Crippen LogP contribution in [0.1, 0.15) is 26.2 Å². The van der Waals surface area contributed by atoms with Crippen molar-refractivity contribution in [2.45, 2.75) is 30.9 Å². The number of rotatable bonds is 7. The first-order valence-electron chi connectivity index (χ1n) is 7.04. The zero-order valence-electron chi connectivity index (χ0n) is 11.9. The number of nitrogens with one attached hydrogen (secondary N) is 2. The van der Waals surface area contributed by atoms with Gasteiger partial charge in [0.15, 0.2) is 0 Å². The minimum atomic E-state index is 0.435. The van der Waals surface area contributed by atoms with Crippen molar-refractivity contribution in [3.63, 3.8) is 0 Å². The van der Waals surface area contributed by atoms with Gasteiger partial charge in [0.2, 0.25) is 5.95 Å². The summed E-state index contributed by atoms with van der Waals surface area (Å²) in [5.41, 5.74) is 0. The molecule has 0 amide bonds. The lowest BCUT2D eigenvalue weighted by Crippen LogP contribution is -2.18. The minimum Gasteiger partial charge on any atom is -0.368 e. The van der Waals surface area contributed by atoms with E-state index in [-0.39, 0.29) is 0 Å². The van der Waals surface area contributed by atoms with Crippen molar-refractivity contribution in [2.24, 2.45) is 0 Å². The first-order valence-corrected chi connectivity index (χ1v) is 9.15. The molecule has 0 radical (unpaired) electrons. The Bertz CT molecular complexity index is 592. The monoisotopic (exact) mass is 308 g/mol. The molecule has 2 aromatic heterocycles. The van der Waals surface area contributed by atoms with Crippen LogP contribution in [-0.4, -0.2) is 34.1 Å². The fourth-order valence-corrected chi connectivity index (χ4v) is 3.63. The number of anilines is 2. The second-order valence-electron chi connectivity index (χ2n) is 5.20. The van der Waals surface area contributed by atoms with Gasteiger partial charge in [-0.2, -0.15) is 16.7 Å². The van der Waals surface area contributed by atoms with Crippen molar-refractivity contribution in [3.8, 4) is 0 Å². The number of aromatic nitrogens is 2.